The maximum Gasteiger partial charge on any atom is 0.0882 e. The highest BCUT2D eigenvalue weighted by molar-refractivity contribution is 5.61. The Kier molecular flexibility index (Phi) is 2.08. The first kappa shape index (κ1) is 7.35. The number of pyridine rings is 1. The molecule has 2 heteroatoms. The van der Waals surface area contributed by atoms with Crippen molar-refractivity contribution < 1.29 is 4.74 Å². The van der Waals surface area contributed by atoms with Gasteiger partial charge < -0.3 is 4.74 Å². The van der Waals surface area contributed by atoms with Crippen molar-refractivity contribution >= 4 is 5.57 Å². The van der Waals surface area contributed by atoms with Crippen LogP contribution in [-0.4, -0.2) is 11.6 Å². The molecule has 0 aromatic carbocycles. The van der Waals surface area contributed by atoms with Crippen LogP contribution in [0.4, 0.5) is 0 Å². The molecule has 2 rings (SSSR count). The van der Waals surface area contributed by atoms with Crippen molar-refractivity contribution in [1.82, 2.24) is 4.98 Å². The van der Waals surface area contributed by atoms with Crippen LogP contribution >= 0.6 is 0 Å². The van der Waals surface area contributed by atoms with Gasteiger partial charge in [-0.25, -0.2) is 0 Å². The molecule has 62 valence electrons. The molecule has 1 aromatic rings. The van der Waals surface area contributed by atoms with E-state index in [2.05, 4.69) is 4.98 Å². The van der Waals surface area contributed by atoms with Gasteiger partial charge >= 0.3 is 0 Å². The summed E-state index contributed by atoms with van der Waals surface area (Å²) in [5.74, 6) is 0. The number of hydrogen-bond donors (Lipinski definition) is 0. The van der Waals surface area contributed by atoms with Crippen molar-refractivity contribution in [2.75, 3.05) is 6.61 Å². The van der Waals surface area contributed by atoms with Gasteiger partial charge in [-0.2, -0.15) is 0 Å². The van der Waals surface area contributed by atoms with E-state index in [0.29, 0.717) is 0 Å². The molecule has 0 fully saturated rings. The van der Waals surface area contributed by atoms with Crippen molar-refractivity contribution in [3.05, 3.63) is 36.4 Å². The highest BCUT2D eigenvalue weighted by atomic mass is 16.5. The van der Waals surface area contributed by atoms with Crippen molar-refractivity contribution in [1.29, 1.82) is 0 Å². The molecule has 0 N–H and O–H groups in total. The van der Waals surface area contributed by atoms with E-state index in [-0.39, 0.29) is 0 Å². The van der Waals surface area contributed by atoms with E-state index in [0.717, 1.165) is 25.1 Å². The molecule has 2 nitrogen and oxygen atoms in total. The third-order valence-electron chi connectivity index (χ3n) is 1.93. The molecular weight excluding hydrogens is 150 g/mol. The smallest absolute Gasteiger partial charge is 0.0882 e. The predicted octanol–water partition coefficient (Wildman–Crippen LogP) is 2.23. The number of nitrogens with zero attached hydrogens (tertiary/aromatic N) is 1. The second-order valence-electron chi connectivity index (χ2n) is 2.83. The zero-order valence-electron chi connectivity index (χ0n) is 6.86. The topological polar surface area (TPSA) is 22.1 Å². The van der Waals surface area contributed by atoms with Crippen LogP contribution in [0.1, 0.15) is 18.5 Å². The minimum Gasteiger partial charge on any atom is -0.501 e. The second-order valence-corrected chi connectivity index (χ2v) is 2.83. The van der Waals surface area contributed by atoms with E-state index in [1.54, 1.807) is 0 Å². The molecule has 0 atom stereocenters. The summed E-state index contributed by atoms with van der Waals surface area (Å²) in [7, 11) is 0. The van der Waals surface area contributed by atoms with Crippen molar-refractivity contribution in [3.8, 4) is 0 Å². The van der Waals surface area contributed by atoms with Crippen LogP contribution in [0.2, 0.25) is 0 Å². The number of allylic oxidation sites excluding steroid dienone is 1. The summed E-state index contributed by atoms with van der Waals surface area (Å²) in [6.07, 6.45) is 5.82. The van der Waals surface area contributed by atoms with Gasteiger partial charge in [-0.3, -0.25) is 4.98 Å². The van der Waals surface area contributed by atoms with Crippen LogP contribution in [0.3, 0.4) is 0 Å². The molecule has 0 amide bonds. The zero-order chi connectivity index (χ0) is 8.23. The van der Waals surface area contributed by atoms with E-state index >= 15 is 0 Å². The molecule has 0 bridgehead atoms. The highest BCUT2D eigenvalue weighted by Gasteiger charge is 2.06. The number of hydrogen-bond acceptors (Lipinski definition) is 2. The second kappa shape index (κ2) is 3.39. The highest BCUT2D eigenvalue weighted by Crippen LogP contribution is 2.20. The van der Waals surface area contributed by atoms with Gasteiger partial charge in [-0.15, -0.1) is 0 Å². The molecule has 1 aromatic heterocycles. The third kappa shape index (κ3) is 1.47. The Morgan fingerprint density at radius 3 is 3.00 bits per heavy atom. The monoisotopic (exact) mass is 161 g/mol. The van der Waals surface area contributed by atoms with E-state index in [9.17, 15) is 0 Å². The fourth-order valence-electron chi connectivity index (χ4n) is 1.31. The Bertz CT molecular complexity index is 279. The Balaban J connectivity index is 2.24. The fraction of sp³-hybridized carbons (Fsp3) is 0.300. The minimum absolute atomic E-state index is 0.844. The SMILES string of the molecule is C1=C(c2ccccn2)CCCO1. The molecule has 0 aliphatic carbocycles. The van der Waals surface area contributed by atoms with Crippen LogP contribution in [0.5, 0.6) is 0 Å². The predicted molar refractivity (Wildman–Crippen MR) is 47.4 cm³/mol. The first-order chi connectivity index (χ1) is 5.97. The lowest BCUT2D eigenvalue weighted by Crippen LogP contribution is -1.99. The molecule has 0 saturated heterocycles. The van der Waals surface area contributed by atoms with Gasteiger partial charge in [0.25, 0.3) is 0 Å². The third-order valence-corrected chi connectivity index (χ3v) is 1.93. The van der Waals surface area contributed by atoms with Gasteiger partial charge in [-0.05, 0) is 25.0 Å². The van der Waals surface area contributed by atoms with Crippen molar-refractivity contribution in [2.24, 2.45) is 0 Å². The molecule has 0 saturated carbocycles. The first-order valence-electron chi connectivity index (χ1n) is 4.19. The Labute approximate surface area is 71.9 Å². The van der Waals surface area contributed by atoms with Crippen LogP contribution in [0, 0.1) is 0 Å². The van der Waals surface area contributed by atoms with Crippen LogP contribution in [-0.2, 0) is 4.74 Å². The van der Waals surface area contributed by atoms with Gasteiger partial charge in [0.05, 0.1) is 18.6 Å². The Morgan fingerprint density at radius 1 is 1.33 bits per heavy atom. The molecule has 0 radical (unpaired) electrons. The summed E-state index contributed by atoms with van der Waals surface area (Å²) in [6.45, 7) is 0.844. The standard InChI is InChI=1S/C10H11NO/c1-2-6-11-10(5-1)9-4-3-7-12-8-9/h1-2,5-6,8H,3-4,7H2. The van der Waals surface area contributed by atoms with Crippen molar-refractivity contribution in [2.45, 2.75) is 12.8 Å². The van der Waals surface area contributed by atoms with Gasteiger partial charge in [-0.1, -0.05) is 6.07 Å². The maximum absolute atomic E-state index is 5.23. The number of ether oxygens (including phenoxy) is 1. The molecule has 2 heterocycles. The van der Waals surface area contributed by atoms with Gasteiger partial charge in [0.15, 0.2) is 0 Å². The zero-order valence-corrected chi connectivity index (χ0v) is 6.86. The van der Waals surface area contributed by atoms with E-state index in [1.807, 2.05) is 30.7 Å². The normalized spacial score (nSPS) is 16.5. The number of rotatable bonds is 1. The quantitative estimate of drug-likeness (QED) is 0.630. The fourth-order valence-corrected chi connectivity index (χ4v) is 1.31. The summed E-state index contributed by atoms with van der Waals surface area (Å²) in [4.78, 5) is 4.25. The lowest BCUT2D eigenvalue weighted by atomic mass is 10.1. The maximum atomic E-state index is 5.23. The van der Waals surface area contributed by atoms with Crippen molar-refractivity contribution in [3.63, 3.8) is 0 Å². The lowest BCUT2D eigenvalue weighted by Gasteiger charge is -2.12. The van der Waals surface area contributed by atoms with Crippen LogP contribution in [0.25, 0.3) is 5.57 Å². The van der Waals surface area contributed by atoms with Gasteiger partial charge in [0, 0.05) is 11.8 Å². The summed E-state index contributed by atoms with van der Waals surface area (Å²) in [5.41, 5.74) is 2.25. The molecule has 1 aliphatic heterocycles. The van der Waals surface area contributed by atoms with E-state index in [1.165, 1.54) is 5.57 Å². The van der Waals surface area contributed by atoms with E-state index < -0.39 is 0 Å². The average Bonchev–Trinajstić information content (AvgIpc) is 2.21. The van der Waals surface area contributed by atoms with Gasteiger partial charge in [0.2, 0.25) is 0 Å². The van der Waals surface area contributed by atoms with Crippen LogP contribution in [0.15, 0.2) is 30.7 Å². The molecule has 0 spiro atoms. The molecule has 0 unspecified atom stereocenters. The van der Waals surface area contributed by atoms with Gasteiger partial charge in [0.1, 0.15) is 0 Å². The lowest BCUT2D eigenvalue weighted by molar-refractivity contribution is 0.235. The summed E-state index contributed by atoms with van der Waals surface area (Å²) >= 11 is 0. The largest absolute Gasteiger partial charge is 0.501 e. The Hall–Kier alpha value is -1.31. The minimum atomic E-state index is 0.844. The summed E-state index contributed by atoms with van der Waals surface area (Å²) < 4.78 is 5.23. The molecule has 1 aliphatic rings. The summed E-state index contributed by atoms with van der Waals surface area (Å²) in [5, 5.41) is 0. The molecular formula is C10H11NO. The first-order valence-corrected chi connectivity index (χ1v) is 4.19. The van der Waals surface area contributed by atoms with E-state index in [4.69, 9.17) is 4.74 Å². The average molecular weight is 161 g/mol. The molecule has 12 heavy (non-hydrogen) atoms. The summed E-state index contributed by atoms with van der Waals surface area (Å²) in [6, 6.07) is 5.94. The Morgan fingerprint density at radius 2 is 2.33 bits per heavy atom. The number of aromatic nitrogens is 1. The van der Waals surface area contributed by atoms with Crippen LogP contribution < -0.4 is 0 Å².